The highest BCUT2D eigenvalue weighted by Crippen LogP contribution is 2.21. The summed E-state index contributed by atoms with van der Waals surface area (Å²) in [5.74, 6) is 0.837. The van der Waals surface area contributed by atoms with Crippen LogP contribution in [0, 0.1) is 5.92 Å². The molecule has 0 bridgehead atoms. The third-order valence-electron chi connectivity index (χ3n) is 4.23. The Morgan fingerprint density at radius 2 is 2.09 bits per heavy atom. The molecule has 0 saturated carbocycles. The average molecular weight is 324 g/mol. The minimum absolute atomic E-state index is 0. The molecule has 1 saturated heterocycles. The van der Waals surface area contributed by atoms with Crippen LogP contribution in [-0.2, 0) is 11.2 Å². The Kier molecular flexibility index (Phi) is 5.80. The monoisotopic (exact) mass is 323 g/mol. The molecule has 0 aliphatic carbocycles. The molecule has 2 aromatic rings. The number of hydrogen-bond acceptors (Lipinski definition) is 4. The van der Waals surface area contributed by atoms with E-state index in [1.807, 2.05) is 36.2 Å². The first-order valence-electron chi connectivity index (χ1n) is 7.53. The van der Waals surface area contributed by atoms with Crippen molar-refractivity contribution < 1.29 is 9.32 Å². The van der Waals surface area contributed by atoms with Crippen molar-refractivity contribution in [1.82, 2.24) is 15.4 Å². The molecule has 120 valence electrons. The van der Waals surface area contributed by atoms with E-state index < -0.39 is 0 Å². The van der Waals surface area contributed by atoms with Gasteiger partial charge in [-0.05, 0) is 44.5 Å². The minimum atomic E-state index is 0. The topological polar surface area (TPSA) is 58.4 Å². The quantitative estimate of drug-likeness (QED) is 0.937. The molecule has 1 N–H and O–H groups in total. The summed E-state index contributed by atoms with van der Waals surface area (Å²) in [4.78, 5) is 14.4. The van der Waals surface area contributed by atoms with Crippen LogP contribution in [0.2, 0.25) is 0 Å². The molecular weight excluding hydrogens is 302 g/mol. The highest BCUT2D eigenvalue weighted by molar-refractivity contribution is 5.86. The number of aromatic nitrogens is 1. The normalized spacial score (nSPS) is 15.8. The SMILES string of the molecule is CNCC1CCN(C(=O)Cc2noc3ccccc23)CC1.Cl. The van der Waals surface area contributed by atoms with E-state index >= 15 is 0 Å². The van der Waals surface area contributed by atoms with Crippen molar-refractivity contribution in [3.63, 3.8) is 0 Å². The number of piperidine rings is 1. The van der Waals surface area contributed by atoms with Crippen molar-refractivity contribution >= 4 is 29.3 Å². The molecule has 0 atom stereocenters. The summed E-state index contributed by atoms with van der Waals surface area (Å²) in [6.45, 7) is 2.73. The third kappa shape index (κ3) is 3.59. The van der Waals surface area contributed by atoms with E-state index in [0.29, 0.717) is 12.3 Å². The molecule has 1 amide bonds. The van der Waals surface area contributed by atoms with Gasteiger partial charge in [0.15, 0.2) is 5.58 Å². The maximum Gasteiger partial charge on any atom is 0.228 e. The molecule has 3 rings (SSSR count). The molecule has 0 radical (unpaired) electrons. The number of rotatable bonds is 4. The summed E-state index contributed by atoms with van der Waals surface area (Å²) in [6.07, 6.45) is 2.48. The summed E-state index contributed by atoms with van der Waals surface area (Å²) < 4.78 is 5.26. The first-order valence-corrected chi connectivity index (χ1v) is 7.53. The predicted molar refractivity (Wildman–Crippen MR) is 88.2 cm³/mol. The zero-order chi connectivity index (χ0) is 14.7. The fraction of sp³-hybridized carbons (Fsp3) is 0.500. The summed E-state index contributed by atoms with van der Waals surface area (Å²) in [6, 6.07) is 7.68. The maximum absolute atomic E-state index is 12.4. The van der Waals surface area contributed by atoms with Crippen LogP contribution in [0.1, 0.15) is 18.5 Å². The molecule has 1 aromatic heterocycles. The highest BCUT2D eigenvalue weighted by Gasteiger charge is 2.23. The van der Waals surface area contributed by atoms with Crippen LogP contribution < -0.4 is 5.32 Å². The van der Waals surface area contributed by atoms with Crippen LogP contribution in [0.5, 0.6) is 0 Å². The van der Waals surface area contributed by atoms with E-state index in [1.165, 1.54) is 0 Å². The minimum Gasteiger partial charge on any atom is -0.356 e. The number of amides is 1. The number of hydrogen-bond donors (Lipinski definition) is 1. The second kappa shape index (κ2) is 7.61. The van der Waals surface area contributed by atoms with Crippen LogP contribution in [-0.4, -0.2) is 42.6 Å². The molecule has 22 heavy (non-hydrogen) atoms. The van der Waals surface area contributed by atoms with Crippen LogP contribution in [0.25, 0.3) is 11.0 Å². The standard InChI is InChI=1S/C16H21N3O2.ClH/c1-17-11-12-6-8-19(9-7-12)16(20)10-14-13-4-2-3-5-15(13)21-18-14;/h2-5,12,17H,6-11H2,1H3;1H. The van der Waals surface area contributed by atoms with Crippen LogP contribution >= 0.6 is 12.4 Å². The second-order valence-electron chi connectivity index (χ2n) is 5.68. The molecule has 1 aliphatic heterocycles. The number of halogens is 1. The summed E-state index contributed by atoms with van der Waals surface area (Å²) >= 11 is 0. The molecular formula is C16H22ClN3O2. The molecule has 0 unspecified atom stereocenters. The van der Waals surface area contributed by atoms with E-state index in [1.54, 1.807) is 0 Å². The number of carbonyl (C=O) groups is 1. The molecule has 1 fully saturated rings. The van der Waals surface area contributed by atoms with Gasteiger partial charge in [-0.15, -0.1) is 12.4 Å². The Hall–Kier alpha value is -1.59. The Morgan fingerprint density at radius 1 is 1.36 bits per heavy atom. The van der Waals surface area contributed by atoms with Crippen molar-refractivity contribution in [2.45, 2.75) is 19.3 Å². The van der Waals surface area contributed by atoms with Gasteiger partial charge in [0.05, 0.1) is 6.42 Å². The van der Waals surface area contributed by atoms with Gasteiger partial charge in [-0.1, -0.05) is 17.3 Å². The smallest absolute Gasteiger partial charge is 0.228 e. The van der Waals surface area contributed by atoms with Gasteiger partial charge in [-0.2, -0.15) is 0 Å². The number of nitrogens with zero attached hydrogens (tertiary/aromatic N) is 2. The second-order valence-corrected chi connectivity index (χ2v) is 5.68. The Bertz CT molecular complexity index is 621. The lowest BCUT2D eigenvalue weighted by molar-refractivity contribution is -0.131. The van der Waals surface area contributed by atoms with E-state index in [2.05, 4.69) is 10.5 Å². The zero-order valence-electron chi connectivity index (χ0n) is 12.7. The molecule has 0 spiro atoms. The van der Waals surface area contributed by atoms with Gasteiger partial charge < -0.3 is 14.7 Å². The Labute approximate surface area is 136 Å². The van der Waals surface area contributed by atoms with Crippen molar-refractivity contribution in [2.24, 2.45) is 5.92 Å². The zero-order valence-corrected chi connectivity index (χ0v) is 13.6. The lowest BCUT2D eigenvalue weighted by Gasteiger charge is -2.31. The first-order chi connectivity index (χ1) is 10.3. The molecule has 1 aromatic carbocycles. The van der Waals surface area contributed by atoms with Gasteiger partial charge in [0, 0.05) is 18.5 Å². The van der Waals surface area contributed by atoms with Crippen molar-refractivity contribution in [3.8, 4) is 0 Å². The summed E-state index contributed by atoms with van der Waals surface area (Å²) in [7, 11) is 1.98. The molecule has 6 heteroatoms. The highest BCUT2D eigenvalue weighted by atomic mass is 35.5. The van der Waals surface area contributed by atoms with E-state index in [4.69, 9.17) is 4.52 Å². The predicted octanol–water partition coefficient (Wildman–Crippen LogP) is 2.25. The van der Waals surface area contributed by atoms with E-state index in [0.717, 1.165) is 49.1 Å². The number of para-hydroxylation sites is 1. The van der Waals surface area contributed by atoms with Crippen molar-refractivity contribution in [2.75, 3.05) is 26.7 Å². The van der Waals surface area contributed by atoms with Gasteiger partial charge in [-0.25, -0.2) is 0 Å². The van der Waals surface area contributed by atoms with Crippen molar-refractivity contribution in [1.29, 1.82) is 0 Å². The van der Waals surface area contributed by atoms with Gasteiger partial charge in [0.2, 0.25) is 5.91 Å². The van der Waals surface area contributed by atoms with Crippen LogP contribution in [0.4, 0.5) is 0 Å². The third-order valence-corrected chi connectivity index (χ3v) is 4.23. The number of benzene rings is 1. The van der Waals surface area contributed by atoms with Crippen LogP contribution in [0.3, 0.4) is 0 Å². The van der Waals surface area contributed by atoms with Gasteiger partial charge in [0.1, 0.15) is 5.69 Å². The van der Waals surface area contributed by atoms with Gasteiger partial charge in [-0.3, -0.25) is 4.79 Å². The van der Waals surface area contributed by atoms with Crippen LogP contribution in [0.15, 0.2) is 28.8 Å². The number of nitrogens with one attached hydrogen (secondary N) is 1. The van der Waals surface area contributed by atoms with E-state index in [-0.39, 0.29) is 18.3 Å². The summed E-state index contributed by atoms with van der Waals surface area (Å²) in [5, 5.41) is 8.19. The van der Waals surface area contributed by atoms with Crippen molar-refractivity contribution in [3.05, 3.63) is 30.0 Å². The fourth-order valence-electron chi connectivity index (χ4n) is 3.00. The molecule has 1 aliphatic rings. The van der Waals surface area contributed by atoms with Gasteiger partial charge >= 0.3 is 0 Å². The maximum atomic E-state index is 12.4. The van der Waals surface area contributed by atoms with E-state index in [9.17, 15) is 4.79 Å². The van der Waals surface area contributed by atoms with Gasteiger partial charge in [0.25, 0.3) is 0 Å². The first kappa shape index (κ1) is 16.8. The lowest BCUT2D eigenvalue weighted by Crippen LogP contribution is -2.41. The Balaban J connectivity index is 0.00000176. The Morgan fingerprint density at radius 3 is 2.82 bits per heavy atom. The number of likely N-dealkylation sites (tertiary alicyclic amines) is 1. The number of fused-ring (bicyclic) bond motifs is 1. The summed E-state index contributed by atoms with van der Waals surface area (Å²) in [5.41, 5.74) is 1.49. The average Bonchev–Trinajstić information content (AvgIpc) is 2.92. The molecule has 2 heterocycles. The fourth-order valence-corrected chi connectivity index (χ4v) is 3.00. The number of carbonyl (C=O) groups excluding carboxylic acids is 1. The lowest BCUT2D eigenvalue weighted by atomic mass is 9.96. The largest absolute Gasteiger partial charge is 0.356 e. The molecule has 5 nitrogen and oxygen atoms in total.